The topological polar surface area (TPSA) is 92.0 Å². The van der Waals surface area contributed by atoms with E-state index in [4.69, 9.17) is 9.84 Å². The lowest BCUT2D eigenvalue weighted by Crippen LogP contribution is -2.29. The van der Waals surface area contributed by atoms with Crippen LogP contribution in [0.3, 0.4) is 0 Å². The van der Waals surface area contributed by atoms with Crippen molar-refractivity contribution < 1.29 is 19.7 Å². The highest BCUT2D eigenvalue weighted by Crippen LogP contribution is 2.34. The number of aliphatic imine (C=N–C) groups is 1. The molecular formula is C14H12N2O4S. The van der Waals surface area contributed by atoms with Gasteiger partial charge in [-0.3, -0.25) is 0 Å². The van der Waals surface area contributed by atoms with Gasteiger partial charge in [-0.2, -0.15) is 0 Å². The minimum Gasteiger partial charge on any atom is -0.506 e. The van der Waals surface area contributed by atoms with E-state index in [1.165, 1.54) is 11.8 Å². The molecule has 21 heavy (non-hydrogen) atoms. The Balaban J connectivity index is 2.03. The average molecular weight is 304 g/mol. The first-order valence-corrected chi connectivity index (χ1v) is 7.19. The van der Waals surface area contributed by atoms with E-state index in [0.717, 1.165) is 10.9 Å². The third-order valence-corrected chi connectivity index (χ3v) is 4.27. The Morgan fingerprint density at radius 1 is 1.43 bits per heavy atom. The first kappa shape index (κ1) is 13.7. The molecule has 6 nitrogen and oxygen atoms in total. The van der Waals surface area contributed by atoms with E-state index in [2.05, 4.69) is 9.98 Å². The number of rotatable bonds is 2. The van der Waals surface area contributed by atoms with E-state index < -0.39 is 11.9 Å². The number of aromatic nitrogens is 1. The van der Waals surface area contributed by atoms with Crippen LogP contribution < -0.4 is 0 Å². The Labute approximate surface area is 124 Å². The van der Waals surface area contributed by atoms with Crippen molar-refractivity contribution >= 4 is 33.9 Å². The summed E-state index contributed by atoms with van der Waals surface area (Å²) in [6.07, 6.45) is -1.38. The molecule has 0 bridgehead atoms. The molecule has 2 aromatic rings. The highest BCUT2D eigenvalue weighted by molar-refractivity contribution is 8.14. The van der Waals surface area contributed by atoms with Gasteiger partial charge < -0.3 is 14.9 Å². The summed E-state index contributed by atoms with van der Waals surface area (Å²) in [5.74, 6) is 0.363. The summed E-state index contributed by atoms with van der Waals surface area (Å²) >= 11 is 1.31. The van der Waals surface area contributed by atoms with E-state index in [1.54, 1.807) is 13.0 Å². The Bertz CT molecular complexity index is 762. The third-order valence-electron chi connectivity index (χ3n) is 3.03. The summed E-state index contributed by atoms with van der Waals surface area (Å²) in [5.41, 5.74) is -0.0660. The Kier molecular flexibility index (Phi) is 3.21. The highest BCUT2D eigenvalue weighted by atomic mass is 32.2. The van der Waals surface area contributed by atoms with Crippen LogP contribution in [0, 0.1) is 0 Å². The standard InChI is InChI=1S/C14H12N2O4S/c1-14(20-13(18)19)7-21-12(16-14)11-10(17)6-8-4-2-3-5-9(8)15-11/h2-6,17H,7H2,1H3,(H,18,19)/t14-/m0/s1. The molecule has 0 saturated heterocycles. The summed E-state index contributed by atoms with van der Waals surface area (Å²) in [6.45, 7) is 1.58. The number of carbonyl (C=O) groups is 1. The van der Waals surface area contributed by atoms with Gasteiger partial charge in [0.1, 0.15) is 16.5 Å². The first-order valence-electron chi connectivity index (χ1n) is 6.21. The van der Waals surface area contributed by atoms with Crippen molar-refractivity contribution in [2.75, 3.05) is 5.75 Å². The van der Waals surface area contributed by atoms with Crippen LogP contribution in [0.4, 0.5) is 4.79 Å². The average Bonchev–Trinajstić information content (AvgIpc) is 2.79. The van der Waals surface area contributed by atoms with Gasteiger partial charge in [0.25, 0.3) is 0 Å². The van der Waals surface area contributed by atoms with Crippen molar-refractivity contribution in [3.8, 4) is 5.75 Å². The Morgan fingerprint density at radius 3 is 2.95 bits per heavy atom. The molecular weight excluding hydrogens is 292 g/mol. The van der Waals surface area contributed by atoms with Gasteiger partial charge in [0, 0.05) is 5.39 Å². The number of nitrogens with zero attached hydrogens (tertiary/aromatic N) is 2. The molecule has 2 heterocycles. The number of ether oxygens (including phenoxy) is 1. The zero-order chi connectivity index (χ0) is 15.0. The number of aromatic hydroxyl groups is 1. The number of fused-ring (bicyclic) bond motifs is 1. The largest absolute Gasteiger partial charge is 0.507 e. The molecule has 2 N–H and O–H groups in total. The summed E-state index contributed by atoms with van der Waals surface area (Å²) in [7, 11) is 0. The van der Waals surface area contributed by atoms with E-state index in [1.807, 2.05) is 24.3 Å². The van der Waals surface area contributed by atoms with Crippen molar-refractivity contribution in [2.45, 2.75) is 12.6 Å². The lowest BCUT2D eigenvalue weighted by molar-refractivity contribution is 0.0136. The van der Waals surface area contributed by atoms with Crippen LogP contribution >= 0.6 is 11.8 Å². The number of carboxylic acid groups (broad SMARTS) is 1. The van der Waals surface area contributed by atoms with Crippen molar-refractivity contribution in [3.63, 3.8) is 0 Å². The molecule has 1 aliphatic rings. The van der Waals surface area contributed by atoms with E-state index in [-0.39, 0.29) is 5.75 Å². The summed E-state index contributed by atoms with van der Waals surface area (Å²) in [6, 6.07) is 9.03. The molecule has 0 spiro atoms. The number of thioether (sulfide) groups is 1. The SMILES string of the molecule is C[C@]1(OC(=O)O)CSC(c2nc3ccccc3cc2O)=N1. The fourth-order valence-corrected chi connectivity index (χ4v) is 3.18. The van der Waals surface area contributed by atoms with Crippen molar-refractivity contribution in [1.29, 1.82) is 0 Å². The van der Waals surface area contributed by atoms with E-state index in [0.29, 0.717) is 16.5 Å². The van der Waals surface area contributed by atoms with Gasteiger partial charge >= 0.3 is 6.16 Å². The number of para-hydroxylation sites is 1. The zero-order valence-corrected chi connectivity index (χ0v) is 11.9. The van der Waals surface area contributed by atoms with Gasteiger partial charge in [-0.05, 0) is 19.1 Å². The van der Waals surface area contributed by atoms with Gasteiger partial charge in [-0.25, -0.2) is 14.8 Å². The summed E-state index contributed by atoms with van der Waals surface area (Å²) in [4.78, 5) is 19.3. The predicted molar refractivity (Wildman–Crippen MR) is 79.9 cm³/mol. The molecule has 1 aromatic carbocycles. The smallest absolute Gasteiger partial charge is 0.506 e. The van der Waals surface area contributed by atoms with Crippen LogP contribution in [-0.2, 0) is 4.74 Å². The van der Waals surface area contributed by atoms with Crippen molar-refractivity contribution in [1.82, 2.24) is 4.98 Å². The molecule has 0 amide bonds. The summed E-state index contributed by atoms with van der Waals surface area (Å²) in [5, 5.41) is 20.1. The van der Waals surface area contributed by atoms with E-state index >= 15 is 0 Å². The van der Waals surface area contributed by atoms with Crippen LogP contribution in [-0.4, -0.2) is 37.9 Å². The zero-order valence-electron chi connectivity index (χ0n) is 11.1. The van der Waals surface area contributed by atoms with E-state index in [9.17, 15) is 9.90 Å². The highest BCUT2D eigenvalue weighted by Gasteiger charge is 2.36. The monoisotopic (exact) mass is 304 g/mol. The van der Waals surface area contributed by atoms with Crippen molar-refractivity contribution in [3.05, 3.63) is 36.0 Å². The van der Waals surface area contributed by atoms with Gasteiger partial charge in [-0.1, -0.05) is 30.0 Å². The van der Waals surface area contributed by atoms with Crippen LogP contribution in [0.25, 0.3) is 10.9 Å². The molecule has 7 heteroatoms. The lowest BCUT2D eigenvalue weighted by Gasteiger charge is -2.17. The second-order valence-corrected chi connectivity index (χ2v) is 5.76. The maximum atomic E-state index is 10.7. The van der Waals surface area contributed by atoms with Crippen molar-refractivity contribution in [2.24, 2.45) is 4.99 Å². The lowest BCUT2D eigenvalue weighted by atomic mass is 10.2. The third kappa shape index (κ3) is 2.64. The number of hydrogen-bond acceptors (Lipinski definition) is 6. The van der Waals surface area contributed by atoms with Gasteiger partial charge in [-0.15, -0.1) is 0 Å². The fraction of sp³-hybridized carbons (Fsp3) is 0.214. The molecule has 1 aromatic heterocycles. The first-order chi connectivity index (χ1) is 9.97. The fourth-order valence-electron chi connectivity index (χ4n) is 2.11. The molecule has 0 radical (unpaired) electrons. The van der Waals surface area contributed by atoms with Crippen LogP contribution in [0.15, 0.2) is 35.3 Å². The van der Waals surface area contributed by atoms with Crippen LogP contribution in [0.1, 0.15) is 12.6 Å². The molecule has 108 valence electrons. The second-order valence-electron chi connectivity index (χ2n) is 4.80. The quantitative estimate of drug-likeness (QED) is 0.829. The molecule has 0 saturated carbocycles. The number of pyridine rings is 1. The second kappa shape index (κ2) is 4.92. The molecule has 1 aliphatic heterocycles. The van der Waals surface area contributed by atoms with Crippen LogP contribution in [0.2, 0.25) is 0 Å². The van der Waals surface area contributed by atoms with Crippen LogP contribution in [0.5, 0.6) is 5.75 Å². The summed E-state index contributed by atoms with van der Waals surface area (Å²) < 4.78 is 4.78. The Hall–Kier alpha value is -2.28. The van der Waals surface area contributed by atoms with Gasteiger partial charge in [0.2, 0.25) is 5.72 Å². The molecule has 0 aliphatic carbocycles. The number of benzene rings is 1. The van der Waals surface area contributed by atoms with Gasteiger partial charge in [0.15, 0.2) is 0 Å². The predicted octanol–water partition coefficient (Wildman–Crippen LogP) is 2.84. The molecule has 0 unspecified atom stereocenters. The molecule has 1 atom stereocenters. The number of hydrogen-bond donors (Lipinski definition) is 2. The molecule has 0 fully saturated rings. The normalized spacial score (nSPS) is 21.3. The van der Waals surface area contributed by atoms with Gasteiger partial charge in [0.05, 0.1) is 11.3 Å². The minimum absolute atomic E-state index is 0.0134. The maximum Gasteiger partial charge on any atom is 0.507 e. The minimum atomic E-state index is -1.38. The maximum absolute atomic E-state index is 10.7. The Morgan fingerprint density at radius 2 is 2.19 bits per heavy atom. The molecule has 3 rings (SSSR count).